The van der Waals surface area contributed by atoms with Gasteiger partial charge < -0.3 is 14.1 Å². The number of nitrogens with zero attached hydrogens (tertiary/aromatic N) is 1. The van der Waals surface area contributed by atoms with Gasteiger partial charge in [0.2, 0.25) is 0 Å². The second-order valence-electron chi connectivity index (χ2n) is 18.1. The number of benzene rings is 1. The van der Waals surface area contributed by atoms with Crippen molar-refractivity contribution in [2.45, 2.75) is 136 Å². The Hall–Kier alpha value is -2.46. The van der Waals surface area contributed by atoms with Crippen molar-refractivity contribution >= 4 is 28.5 Å². The number of ether oxygens (including phenoxy) is 1. The van der Waals surface area contributed by atoms with Crippen LogP contribution in [0.25, 0.3) is 16.5 Å². The van der Waals surface area contributed by atoms with Gasteiger partial charge in [0.05, 0.1) is 16.7 Å². The van der Waals surface area contributed by atoms with E-state index in [1.807, 2.05) is 0 Å². The van der Waals surface area contributed by atoms with Crippen LogP contribution in [0.3, 0.4) is 0 Å². The number of fused-ring (bicyclic) bond motifs is 11. The number of allylic oxidation sites excluding steroid dienone is 1. The third-order valence-corrected chi connectivity index (χ3v) is 15.1. The molecule has 0 saturated heterocycles. The molecule has 2 saturated carbocycles. The van der Waals surface area contributed by atoms with Crippen molar-refractivity contribution in [2.24, 2.45) is 34.5 Å². The molecular weight excluding hydrogens is 554 g/mol. The summed E-state index contributed by atoms with van der Waals surface area (Å²) in [5.41, 5.74) is 9.11. The molecule has 6 aliphatic rings. The predicted octanol–water partition coefficient (Wildman–Crippen LogP) is 9.53. The summed E-state index contributed by atoms with van der Waals surface area (Å²) < 4.78 is 9.20. The first-order chi connectivity index (χ1) is 20.9. The summed E-state index contributed by atoms with van der Waals surface area (Å²) in [6.07, 6.45) is 9.94. The Labute approximate surface area is 270 Å². The van der Waals surface area contributed by atoms with Crippen molar-refractivity contribution in [1.29, 1.82) is 0 Å². The molecule has 0 amide bonds. The smallest absolute Gasteiger partial charge is 0.192 e. The van der Waals surface area contributed by atoms with Crippen molar-refractivity contribution in [3.8, 4) is 0 Å². The minimum absolute atomic E-state index is 0.00199. The molecule has 0 N–H and O–H groups in total. The van der Waals surface area contributed by atoms with Crippen molar-refractivity contribution in [3.63, 3.8) is 0 Å². The zero-order chi connectivity index (χ0) is 32.4. The van der Waals surface area contributed by atoms with E-state index < -0.39 is 0 Å². The lowest BCUT2D eigenvalue weighted by atomic mass is 9.39. The zero-order valence-corrected chi connectivity index (χ0v) is 29.3. The minimum atomic E-state index is -0.373. The molecule has 0 radical (unpaired) electrons. The largest absolute Gasteiger partial charge is 0.365 e. The normalized spacial score (nSPS) is 41.6. The molecular formula is C41H53NO3. The van der Waals surface area contributed by atoms with E-state index in [9.17, 15) is 9.59 Å². The van der Waals surface area contributed by atoms with Crippen LogP contribution in [0, 0.1) is 34.5 Å². The number of carbonyl (C=O) groups is 2. The first-order valence-corrected chi connectivity index (χ1v) is 17.7. The van der Waals surface area contributed by atoms with E-state index in [1.54, 1.807) is 0 Å². The van der Waals surface area contributed by atoms with Crippen molar-refractivity contribution in [1.82, 2.24) is 4.57 Å². The van der Waals surface area contributed by atoms with Crippen LogP contribution < -0.4 is 0 Å². The van der Waals surface area contributed by atoms with Crippen LogP contribution in [0.1, 0.15) is 146 Å². The van der Waals surface area contributed by atoms with Crippen LogP contribution >= 0.6 is 0 Å². The summed E-state index contributed by atoms with van der Waals surface area (Å²) in [6.45, 7) is 27.6. The Morgan fingerprint density at radius 3 is 2.47 bits per heavy atom. The number of rotatable bonds is 3. The molecule has 0 spiro atoms. The molecule has 3 heterocycles. The van der Waals surface area contributed by atoms with E-state index in [2.05, 4.69) is 92.5 Å². The SMILES string of the molecule is C=C(C)[C@H]1C(=O)c2c3c(cc4c5c(n1c24)[C@@]1(C)C(CC[C@H]2[C@](C)(CC=O)[C@@H](C)CC[C@@]21C)C5)C1=CC(C)(C)OC(C)(C)C1[C@@H]3C. The van der Waals surface area contributed by atoms with E-state index in [0.717, 1.165) is 24.0 Å². The van der Waals surface area contributed by atoms with Gasteiger partial charge in [0.25, 0.3) is 0 Å². The molecule has 45 heavy (non-hydrogen) atoms. The van der Waals surface area contributed by atoms with E-state index >= 15 is 0 Å². The highest BCUT2D eigenvalue weighted by atomic mass is 16.5. The van der Waals surface area contributed by atoms with Gasteiger partial charge in [-0.1, -0.05) is 46.8 Å². The van der Waals surface area contributed by atoms with Gasteiger partial charge in [-0.3, -0.25) is 4.79 Å². The van der Waals surface area contributed by atoms with Crippen LogP contribution in [-0.2, 0) is 21.4 Å². The number of hydrogen-bond acceptors (Lipinski definition) is 3. The van der Waals surface area contributed by atoms with Gasteiger partial charge in [-0.15, -0.1) is 0 Å². The second-order valence-corrected chi connectivity index (χ2v) is 18.1. The predicted molar refractivity (Wildman–Crippen MR) is 182 cm³/mol. The van der Waals surface area contributed by atoms with Crippen LogP contribution in [0.15, 0.2) is 24.3 Å². The Bertz CT molecular complexity index is 1770. The molecule has 4 nitrogen and oxygen atoms in total. The van der Waals surface area contributed by atoms with Gasteiger partial charge in [0.1, 0.15) is 12.3 Å². The Morgan fingerprint density at radius 1 is 1.09 bits per heavy atom. The monoisotopic (exact) mass is 607 g/mol. The standard InChI is InChI=1S/C41H53NO3/c1-21(2)33-35(44)31-30-23(4)32-28(20-37(5,6)45-38(32,7)8)25(30)19-26-27-18-24-12-13-29-39(9,16-17-43)22(3)14-15-40(29,10)41(24,11)36(27)42(33)34(26)31/h17,19-20,22-24,29,32-33H,1,12-16,18H2,2-11H3/t22-,23+,24?,29-,32?,33-,39+,40-,41+/m0/s1. The highest BCUT2D eigenvalue weighted by molar-refractivity contribution is 6.18. The average Bonchev–Trinajstić information content (AvgIpc) is 3.59. The number of carbonyl (C=O) groups excluding carboxylic acids is 2. The van der Waals surface area contributed by atoms with Crippen LogP contribution in [-0.4, -0.2) is 27.8 Å². The number of ketones is 1. The number of hydrogen-bond donors (Lipinski definition) is 0. The summed E-state index contributed by atoms with van der Waals surface area (Å²) in [5, 5.41) is 1.31. The quantitative estimate of drug-likeness (QED) is 0.258. The van der Waals surface area contributed by atoms with Crippen LogP contribution in [0.5, 0.6) is 0 Å². The van der Waals surface area contributed by atoms with E-state index in [0.29, 0.717) is 24.2 Å². The summed E-state index contributed by atoms with van der Waals surface area (Å²) in [5.74, 6) is 2.17. The highest BCUT2D eigenvalue weighted by Crippen LogP contribution is 2.72. The fourth-order valence-electron chi connectivity index (χ4n) is 13.2. The fourth-order valence-corrected chi connectivity index (χ4v) is 13.2. The molecule has 2 unspecified atom stereocenters. The molecule has 2 aromatic rings. The summed E-state index contributed by atoms with van der Waals surface area (Å²) in [7, 11) is 0. The Balaban J connectivity index is 1.42. The molecule has 240 valence electrons. The molecule has 2 aliphatic heterocycles. The maximum atomic E-state index is 14.9. The third-order valence-electron chi connectivity index (χ3n) is 15.1. The molecule has 4 heteroatoms. The highest BCUT2D eigenvalue weighted by Gasteiger charge is 2.67. The van der Waals surface area contributed by atoms with Gasteiger partial charge in [-0.2, -0.15) is 0 Å². The third kappa shape index (κ3) is 3.29. The maximum Gasteiger partial charge on any atom is 0.192 e. The van der Waals surface area contributed by atoms with Gasteiger partial charge in [-0.05, 0) is 136 Å². The Morgan fingerprint density at radius 2 is 1.80 bits per heavy atom. The summed E-state index contributed by atoms with van der Waals surface area (Å²) >= 11 is 0. The lowest BCUT2D eigenvalue weighted by Gasteiger charge is -2.65. The minimum Gasteiger partial charge on any atom is -0.365 e. The fraction of sp³-hybridized carbons (Fsp3) is 0.659. The maximum absolute atomic E-state index is 14.9. The lowest BCUT2D eigenvalue weighted by Crippen LogP contribution is -2.61. The molecule has 2 fully saturated rings. The van der Waals surface area contributed by atoms with Gasteiger partial charge in [0, 0.05) is 34.4 Å². The molecule has 0 bridgehead atoms. The molecule has 8 rings (SSSR count). The van der Waals surface area contributed by atoms with Crippen LogP contribution in [0.4, 0.5) is 0 Å². The summed E-state index contributed by atoms with van der Waals surface area (Å²) in [4.78, 5) is 27.0. The lowest BCUT2D eigenvalue weighted by molar-refractivity contribution is -0.144. The van der Waals surface area contributed by atoms with Crippen molar-refractivity contribution in [2.75, 3.05) is 0 Å². The average molecular weight is 608 g/mol. The number of aldehydes is 1. The van der Waals surface area contributed by atoms with Gasteiger partial charge >= 0.3 is 0 Å². The van der Waals surface area contributed by atoms with E-state index in [4.69, 9.17) is 4.74 Å². The van der Waals surface area contributed by atoms with Crippen molar-refractivity contribution in [3.05, 3.63) is 52.2 Å². The Kier molecular flexibility index (Phi) is 5.79. The van der Waals surface area contributed by atoms with E-state index in [-0.39, 0.29) is 51.1 Å². The van der Waals surface area contributed by atoms with Gasteiger partial charge in [0.15, 0.2) is 5.78 Å². The molecule has 1 aromatic heterocycles. The number of Topliss-reactive ketones (excluding diaryl/α,β-unsaturated/α-hetero) is 1. The number of aromatic nitrogens is 1. The first kappa shape index (κ1) is 29.9. The topological polar surface area (TPSA) is 48.3 Å². The molecule has 9 atom stereocenters. The zero-order valence-electron chi connectivity index (χ0n) is 29.3. The van der Waals surface area contributed by atoms with Gasteiger partial charge in [-0.25, -0.2) is 0 Å². The molecule has 1 aromatic carbocycles. The molecule has 4 aliphatic carbocycles. The van der Waals surface area contributed by atoms with Crippen LogP contribution in [0.2, 0.25) is 0 Å². The second kappa shape index (κ2) is 8.71. The first-order valence-electron chi connectivity index (χ1n) is 17.7. The summed E-state index contributed by atoms with van der Waals surface area (Å²) in [6, 6.07) is 2.14. The van der Waals surface area contributed by atoms with Crippen molar-refractivity contribution < 1.29 is 14.3 Å². The van der Waals surface area contributed by atoms with E-state index in [1.165, 1.54) is 64.4 Å².